The minimum Gasteiger partial charge on any atom is -0.497 e. The summed E-state index contributed by atoms with van der Waals surface area (Å²) < 4.78 is 5.22. The van der Waals surface area contributed by atoms with Crippen LogP contribution >= 0.6 is 24.0 Å². The molecule has 0 unspecified atom stereocenters. The molecule has 1 aromatic rings. The molecule has 0 spiro atoms. The third-order valence-electron chi connectivity index (χ3n) is 3.01. The van der Waals surface area contributed by atoms with Crippen molar-refractivity contribution in [2.45, 2.75) is 26.3 Å². The number of halogens is 1. The van der Waals surface area contributed by atoms with Crippen LogP contribution in [0, 0.1) is 0 Å². The van der Waals surface area contributed by atoms with Crippen molar-refractivity contribution in [3.8, 4) is 5.75 Å². The summed E-state index contributed by atoms with van der Waals surface area (Å²) >= 11 is 0. The van der Waals surface area contributed by atoms with E-state index in [1.54, 1.807) is 7.11 Å². The average molecular weight is 391 g/mol. The first-order chi connectivity index (χ1) is 9.21. The number of aliphatic imine (C=N–C) groups is 1. The first kappa shape index (κ1) is 19.0. The molecule has 0 fully saturated rings. The predicted octanol–water partition coefficient (Wildman–Crippen LogP) is 3.12. The number of guanidine groups is 1. The van der Waals surface area contributed by atoms with Crippen molar-refractivity contribution in [2.75, 3.05) is 27.7 Å². The molecule has 0 saturated heterocycles. The molecule has 5 heteroatoms. The number of unbranched alkanes of at least 4 members (excludes halogenated alkanes) is 1. The van der Waals surface area contributed by atoms with Crippen molar-refractivity contribution in [2.24, 2.45) is 4.99 Å². The Morgan fingerprint density at radius 1 is 1.40 bits per heavy atom. The van der Waals surface area contributed by atoms with E-state index in [1.165, 1.54) is 18.4 Å². The van der Waals surface area contributed by atoms with Crippen LogP contribution in [0.2, 0.25) is 0 Å². The standard InChI is InChI=1S/C15H25N3O.HI/c1-5-6-10-18(3)15(16-2)17-12-13-8-7-9-14(11-13)19-4;/h7-9,11H,5-6,10,12H2,1-4H3,(H,16,17);1H. The third-order valence-corrected chi connectivity index (χ3v) is 3.01. The van der Waals surface area contributed by atoms with Crippen LogP contribution < -0.4 is 10.1 Å². The first-order valence-corrected chi connectivity index (χ1v) is 6.76. The number of nitrogens with one attached hydrogen (secondary N) is 1. The van der Waals surface area contributed by atoms with Crippen molar-refractivity contribution >= 4 is 29.9 Å². The number of methoxy groups -OCH3 is 1. The van der Waals surface area contributed by atoms with Crippen LogP contribution in [0.1, 0.15) is 25.3 Å². The molecule has 0 radical (unpaired) electrons. The van der Waals surface area contributed by atoms with Crippen molar-refractivity contribution in [1.82, 2.24) is 10.2 Å². The highest BCUT2D eigenvalue weighted by Crippen LogP contribution is 2.12. The summed E-state index contributed by atoms with van der Waals surface area (Å²) in [7, 11) is 5.57. The van der Waals surface area contributed by atoms with Gasteiger partial charge >= 0.3 is 0 Å². The minimum atomic E-state index is 0. The largest absolute Gasteiger partial charge is 0.497 e. The Kier molecular flexibility index (Phi) is 10.2. The molecule has 0 bridgehead atoms. The summed E-state index contributed by atoms with van der Waals surface area (Å²) in [5, 5.41) is 3.37. The molecule has 1 rings (SSSR count). The molecule has 114 valence electrons. The van der Waals surface area contributed by atoms with Crippen molar-refractivity contribution < 1.29 is 4.74 Å². The number of rotatable bonds is 6. The van der Waals surface area contributed by atoms with Gasteiger partial charge < -0.3 is 15.0 Å². The SMILES string of the molecule is CCCCN(C)C(=NC)NCc1cccc(OC)c1.I. The zero-order valence-corrected chi connectivity index (χ0v) is 15.2. The lowest BCUT2D eigenvalue weighted by Crippen LogP contribution is -2.38. The molecular weight excluding hydrogens is 365 g/mol. The van der Waals surface area contributed by atoms with Gasteiger partial charge in [-0.05, 0) is 24.1 Å². The van der Waals surface area contributed by atoms with Crippen LogP contribution in [0.25, 0.3) is 0 Å². The molecule has 0 aliphatic rings. The molecule has 1 aromatic carbocycles. The lowest BCUT2D eigenvalue weighted by Gasteiger charge is -2.21. The lowest BCUT2D eigenvalue weighted by molar-refractivity contribution is 0.414. The van der Waals surface area contributed by atoms with Crippen LogP contribution in [0.5, 0.6) is 5.75 Å². The third kappa shape index (κ3) is 6.45. The fourth-order valence-corrected chi connectivity index (χ4v) is 1.85. The quantitative estimate of drug-likeness (QED) is 0.460. The maximum absolute atomic E-state index is 5.22. The van der Waals surface area contributed by atoms with Gasteiger partial charge in [0, 0.05) is 27.2 Å². The maximum atomic E-state index is 5.22. The smallest absolute Gasteiger partial charge is 0.193 e. The van der Waals surface area contributed by atoms with Gasteiger partial charge in [-0.15, -0.1) is 24.0 Å². The van der Waals surface area contributed by atoms with Gasteiger partial charge in [0.1, 0.15) is 5.75 Å². The second-order valence-corrected chi connectivity index (χ2v) is 4.53. The molecule has 1 N–H and O–H groups in total. The Bertz CT molecular complexity index is 410. The van der Waals surface area contributed by atoms with Gasteiger partial charge in [-0.2, -0.15) is 0 Å². The molecule has 0 aliphatic carbocycles. The van der Waals surface area contributed by atoms with E-state index < -0.39 is 0 Å². The summed E-state index contributed by atoms with van der Waals surface area (Å²) in [4.78, 5) is 6.46. The Morgan fingerprint density at radius 3 is 2.75 bits per heavy atom. The van der Waals surface area contributed by atoms with Crippen molar-refractivity contribution in [1.29, 1.82) is 0 Å². The van der Waals surface area contributed by atoms with Crippen LogP contribution in [-0.2, 0) is 6.54 Å². The number of benzene rings is 1. The van der Waals surface area contributed by atoms with E-state index >= 15 is 0 Å². The molecule has 20 heavy (non-hydrogen) atoms. The van der Waals surface area contributed by atoms with Gasteiger partial charge in [0.05, 0.1) is 7.11 Å². The van der Waals surface area contributed by atoms with E-state index in [0.717, 1.165) is 24.8 Å². The van der Waals surface area contributed by atoms with Gasteiger partial charge in [0.15, 0.2) is 5.96 Å². The topological polar surface area (TPSA) is 36.9 Å². The average Bonchev–Trinajstić information content (AvgIpc) is 2.45. The minimum absolute atomic E-state index is 0. The van der Waals surface area contributed by atoms with Crippen molar-refractivity contribution in [3.05, 3.63) is 29.8 Å². The fraction of sp³-hybridized carbons (Fsp3) is 0.533. The fourth-order valence-electron chi connectivity index (χ4n) is 1.85. The second kappa shape index (κ2) is 10.8. The van der Waals surface area contributed by atoms with E-state index in [1.807, 2.05) is 25.2 Å². The molecule has 0 aromatic heterocycles. The Labute approximate surface area is 139 Å². The highest BCUT2D eigenvalue weighted by molar-refractivity contribution is 14.0. The van der Waals surface area contributed by atoms with E-state index in [-0.39, 0.29) is 24.0 Å². The van der Waals surface area contributed by atoms with Crippen LogP contribution in [0.15, 0.2) is 29.3 Å². The highest BCUT2D eigenvalue weighted by atomic mass is 127. The molecular formula is C15H26IN3O. The number of hydrogen-bond acceptors (Lipinski definition) is 2. The Balaban J connectivity index is 0.00000361. The monoisotopic (exact) mass is 391 g/mol. The first-order valence-electron chi connectivity index (χ1n) is 6.76. The summed E-state index contributed by atoms with van der Waals surface area (Å²) in [6, 6.07) is 8.06. The second-order valence-electron chi connectivity index (χ2n) is 4.53. The molecule has 0 saturated carbocycles. The van der Waals surface area contributed by atoms with Gasteiger partial charge in [0.2, 0.25) is 0 Å². The molecule has 0 atom stereocenters. The lowest BCUT2D eigenvalue weighted by atomic mass is 10.2. The zero-order valence-electron chi connectivity index (χ0n) is 12.8. The Morgan fingerprint density at radius 2 is 2.15 bits per heavy atom. The molecule has 0 amide bonds. The predicted molar refractivity (Wildman–Crippen MR) is 96.1 cm³/mol. The van der Waals surface area contributed by atoms with Crippen LogP contribution in [-0.4, -0.2) is 38.6 Å². The van der Waals surface area contributed by atoms with Crippen LogP contribution in [0.4, 0.5) is 0 Å². The summed E-state index contributed by atoms with van der Waals surface area (Å²) in [5.74, 6) is 1.81. The summed E-state index contributed by atoms with van der Waals surface area (Å²) in [6.45, 7) is 3.97. The van der Waals surface area contributed by atoms with E-state index in [0.29, 0.717) is 0 Å². The van der Waals surface area contributed by atoms with Gasteiger partial charge in [-0.3, -0.25) is 4.99 Å². The molecule has 0 aliphatic heterocycles. The summed E-state index contributed by atoms with van der Waals surface area (Å²) in [6.07, 6.45) is 2.37. The molecule has 4 nitrogen and oxygen atoms in total. The van der Waals surface area contributed by atoms with Crippen molar-refractivity contribution in [3.63, 3.8) is 0 Å². The van der Waals surface area contributed by atoms with Crippen LogP contribution in [0.3, 0.4) is 0 Å². The number of nitrogens with zero attached hydrogens (tertiary/aromatic N) is 2. The number of ether oxygens (including phenoxy) is 1. The van der Waals surface area contributed by atoms with E-state index in [9.17, 15) is 0 Å². The van der Waals surface area contributed by atoms with Gasteiger partial charge in [0.25, 0.3) is 0 Å². The zero-order chi connectivity index (χ0) is 14.1. The highest BCUT2D eigenvalue weighted by Gasteiger charge is 2.04. The van der Waals surface area contributed by atoms with E-state index in [4.69, 9.17) is 4.74 Å². The van der Waals surface area contributed by atoms with Gasteiger partial charge in [-0.1, -0.05) is 25.5 Å². The number of hydrogen-bond donors (Lipinski definition) is 1. The Hall–Kier alpha value is -0.980. The van der Waals surface area contributed by atoms with E-state index in [2.05, 4.69) is 35.2 Å². The summed E-state index contributed by atoms with van der Waals surface area (Å²) in [5.41, 5.74) is 1.18. The van der Waals surface area contributed by atoms with Gasteiger partial charge in [-0.25, -0.2) is 0 Å². The molecule has 0 heterocycles. The maximum Gasteiger partial charge on any atom is 0.193 e. The normalized spacial score (nSPS) is 10.7.